The van der Waals surface area contributed by atoms with E-state index in [0.29, 0.717) is 6.10 Å². The molecule has 1 aliphatic rings. The summed E-state index contributed by atoms with van der Waals surface area (Å²) in [5.74, 6) is 0. The van der Waals surface area contributed by atoms with Gasteiger partial charge in [0.15, 0.2) is 0 Å². The first-order chi connectivity index (χ1) is 5.29. The number of rotatable bonds is 0. The highest BCUT2D eigenvalue weighted by Gasteiger charge is 2.19. The monoisotopic (exact) mass is 148 g/mol. The molecular formula is C10H12O. The summed E-state index contributed by atoms with van der Waals surface area (Å²) in [5, 5.41) is 0. The second-order valence-corrected chi connectivity index (χ2v) is 3.10. The van der Waals surface area contributed by atoms with Gasteiger partial charge in [-0.2, -0.15) is 0 Å². The van der Waals surface area contributed by atoms with Gasteiger partial charge in [0.25, 0.3) is 0 Å². The van der Waals surface area contributed by atoms with Crippen LogP contribution in [0.3, 0.4) is 0 Å². The fraction of sp³-hybridized carbons (Fsp3) is 0.400. The predicted molar refractivity (Wildman–Crippen MR) is 44.4 cm³/mol. The molecule has 1 nitrogen and oxygen atoms in total. The fourth-order valence-corrected chi connectivity index (χ4v) is 1.60. The summed E-state index contributed by atoms with van der Waals surface area (Å²) in [6.07, 6.45) is 0.296. The Labute approximate surface area is 67.0 Å². The van der Waals surface area contributed by atoms with Crippen LogP contribution in [0.5, 0.6) is 0 Å². The summed E-state index contributed by atoms with van der Waals surface area (Å²) in [5.41, 5.74) is 4.11. The molecule has 0 aliphatic carbocycles. The largest absolute Gasteiger partial charge is 0.369 e. The van der Waals surface area contributed by atoms with Crippen LogP contribution in [0, 0.1) is 6.92 Å². The molecule has 1 heterocycles. The average molecular weight is 148 g/mol. The first-order valence-corrected chi connectivity index (χ1v) is 3.99. The summed E-state index contributed by atoms with van der Waals surface area (Å²) >= 11 is 0. The lowest BCUT2D eigenvalue weighted by atomic mass is 10.0. The molecule has 0 fully saturated rings. The van der Waals surface area contributed by atoms with Gasteiger partial charge in [-0.15, -0.1) is 0 Å². The van der Waals surface area contributed by atoms with E-state index in [9.17, 15) is 0 Å². The van der Waals surface area contributed by atoms with Gasteiger partial charge in [-0.1, -0.05) is 18.2 Å². The van der Waals surface area contributed by atoms with Crippen LogP contribution in [0.25, 0.3) is 0 Å². The molecular weight excluding hydrogens is 136 g/mol. The molecule has 58 valence electrons. The Bertz CT molecular complexity index is 278. The van der Waals surface area contributed by atoms with Gasteiger partial charge in [-0.25, -0.2) is 0 Å². The third-order valence-electron chi connectivity index (χ3n) is 2.36. The first kappa shape index (κ1) is 6.86. The van der Waals surface area contributed by atoms with Gasteiger partial charge in [0.05, 0.1) is 12.7 Å². The smallest absolute Gasteiger partial charge is 0.0805 e. The molecule has 2 rings (SSSR count). The third-order valence-corrected chi connectivity index (χ3v) is 2.36. The van der Waals surface area contributed by atoms with Crippen LogP contribution in [0.2, 0.25) is 0 Å². The topological polar surface area (TPSA) is 9.23 Å². The highest BCUT2D eigenvalue weighted by molar-refractivity contribution is 5.37. The summed E-state index contributed by atoms with van der Waals surface area (Å²) in [7, 11) is 0. The Morgan fingerprint density at radius 3 is 3.00 bits per heavy atom. The molecule has 1 aromatic rings. The Morgan fingerprint density at radius 1 is 1.45 bits per heavy atom. The van der Waals surface area contributed by atoms with Crippen molar-refractivity contribution in [2.45, 2.75) is 26.6 Å². The number of hydrogen-bond acceptors (Lipinski definition) is 1. The summed E-state index contributed by atoms with van der Waals surface area (Å²) in [6.45, 7) is 5.04. The molecule has 0 amide bonds. The molecule has 11 heavy (non-hydrogen) atoms. The Kier molecular flexibility index (Phi) is 1.46. The predicted octanol–water partition coefficient (Wildman–Crippen LogP) is 2.59. The van der Waals surface area contributed by atoms with Crippen LogP contribution < -0.4 is 0 Å². The van der Waals surface area contributed by atoms with Crippen molar-refractivity contribution in [2.24, 2.45) is 0 Å². The lowest BCUT2D eigenvalue weighted by molar-refractivity contribution is 0.0795. The standard InChI is InChI=1S/C10H12O/c1-7-4-3-5-9-8(2)11-6-10(7)9/h3-5,8H,6H2,1-2H3. The van der Waals surface area contributed by atoms with E-state index in [0.717, 1.165) is 6.61 Å². The fourth-order valence-electron chi connectivity index (χ4n) is 1.60. The van der Waals surface area contributed by atoms with Crippen LogP contribution in [-0.2, 0) is 11.3 Å². The lowest BCUT2D eigenvalue weighted by Gasteiger charge is -2.02. The van der Waals surface area contributed by atoms with Gasteiger partial charge in [0.1, 0.15) is 0 Å². The van der Waals surface area contributed by atoms with Crippen LogP contribution >= 0.6 is 0 Å². The first-order valence-electron chi connectivity index (χ1n) is 3.99. The molecule has 0 saturated heterocycles. The van der Waals surface area contributed by atoms with Crippen molar-refractivity contribution < 1.29 is 4.74 Å². The van der Waals surface area contributed by atoms with E-state index >= 15 is 0 Å². The van der Waals surface area contributed by atoms with Gasteiger partial charge >= 0.3 is 0 Å². The Hall–Kier alpha value is -0.820. The molecule has 0 bridgehead atoms. The van der Waals surface area contributed by atoms with Crippen LogP contribution in [0.1, 0.15) is 29.7 Å². The summed E-state index contributed by atoms with van der Waals surface area (Å²) in [4.78, 5) is 0. The molecule has 0 N–H and O–H groups in total. The minimum absolute atomic E-state index is 0.296. The molecule has 1 heteroatoms. The van der Waals surface area contributed by atoms with Gasteiger partial charge < -0.3 is 4.74 Å². The van der Waals surface area contributed by atoms with E-state index in [1.54, 1.807) is 0 Å². The molecule has 1 atom stereocenters. The van der Waals surface area contributed by atoms with Crippen molar-refractivity contribution in [3.8, 4) is 0 Å². The molecule has 0 saturated carbocycles. The highest BCUT2D eigenvalue weighted by atomic mass is 16.5. The van der Waals surface area contributed by atoms with Crippen molar-refractivity contribution in [3.05, 3.63) is 34.9 Å². The number of benzene rings is 1. The van der Waals surface area contributed by atoms with E-state index in [-0.39, 0.29) is 0 Å². The molecule has 0 spiro atoms. The van der Waals surface area contributed by atoms with Gasteiger partial charge in [0, 0.05) is 0 Å². The zero-order valence-electron chi connectivity index (χ0n) is 6.92. The minimum atomic E-state index is 0.296. The average Bonchev–Trinajstić information content (AvgIpc) is 2.35. The molecule has 0 radical (unpaired) electrons. The zero-order chi connectivity index (χ0) is 7.84. The molecule has 1 aliphatic heterocycles. The van der Waals surface area contributed by atoms with Gasteiger partial charge in [0.2, 0.25) is 0 Å². The Morgan fingerprint density at radius 2 is 2.27 bits per heavy atom. The van der Waals surface area contributed by atoms with Crippen molar-refractivity contribution in [1.82, 2.24) is 0 Å². The van der Waals surface area contributed by atoms with Crippen LogP contribution in [-0.4, -0.2) is 0 Å². The van der Waals surface area contributed by atoms with E-state index < -0.39 is 0 Å². The highest BCUT2D eigenvalue weighted by Crippen LogP contribution is 2.31. The second-order valence-electron chi connectivity index (χ2n) is 3.10. The SMILES string of the molecule is Cc1cccc2c1COC2C. The van der Waals surface area contributed by atoms with Crippen molar-refractivity contribution in [2.75, 3.05) is 0 Å². The van der Waals surface area contributed by atoms with Crippen molar-refractivity contribution >= 4 is 0 Å². The van der Waals surface area contributed by atoms with E-state index in [4.69, 9.17) is 4.74 Å². The van der Waals surface area contributed by atoms with Crippen molar-refractivity contribution in [1.29, 1.82) is 0 Å². The second kappa shape index (κ2) is 2.35. The number of aryl methyl sites for hydroxylation is 1. The maximum atomic E-state index is 5.50. The van der Waals surface area contributed by atoms with Gasteiger partial charge in [-0.05, 0) is 30.5 Å². The molecule has 1 aromatic carbocycles. The van der Waals surface area contributed by atoms with Crippen LogP contribution in [0.4, 0.5) is 0 Å². The minimum Gasteiger partial charge on any atom is -0.369 e. The van der Waals surface area contributed by atoms with E-state index in [1.165, 1.54) is 16.7 Å². The summed E-state index contributed by atoms with van der Waals surface area (Å²) < 4.78 is 5.50. The maximum Gasteiger partial charge on any atom is 0.0805 e. The maximum absolute atomic E-state index is 5.50. The normalized spacial score (nSPS) is 21.8. The zero-order valence-corrected chi connectivity index (χ0v) is 6.92. The number of ether oxygens (including phenoxy) is 1. The number of hydrogen-bond donors (Lipinski definition) is 0. The summed E-state index contributed by atoms with van der Waals surface area (Å²) in [6, 6.07) is 6.39. The van der Waals surface area contributed by atoms with E-state index in [1.807, 2.05) is 0 Å². The lowest BCUT2D eigenvalue weighted by Crippen LogP contribution is -1.88. The van der Waals surface area contributed by atoms with E-state index in [2.05, 4.69) is 32.0 Å². The van der Waals surface area contributed by atoms with Gasteiger partial charge in [-0.3, -0.25) is 0 Å². The quantitative estimate of drug-likeness (QED) is 0.549. The molecule has 0 aromatic heterocycles. The molecule has 1 unspecified atom stereocenters. The third kappa shape index (κ3) is 0.962. The van der Waals surface area contributed by atoms with Crippen LogP contribution in [0.15, 0.2) is 18.2 Å². The van der Waals surface area contributed by atoms with Crippen molar-refractivity contribution in [3.63, 3.8) is 0 Å². The number of fused-ring (bicyclic) bond motifs is 1. The Balaban J connectivity index is 2.57.